The third-order valence-electron chi connectivity index (χ3n) is 4.69. The first kappa shape index (κ1) is 12.9. The zero-order valence-corrected chi connectivity index (χ0v) is 11.1. The average Bonchev–Trinajstić information content (AvgIpc) is 2.63. The standard InChI is InChI=1S/C14H25NO2/c1-10-3-5-12(6-4-10)9-15-8-7-11(2)13(15)14(16)17/h10-13H,3-9H2,1-2H3,(H,16,17). The van der Waals surface area contributed by atoms with Gasteiger partial charge in [-0.05, 0) is 43.6 Å². The topological polar surface area (TPSA) is 40.5 Å². The van der Waals surface area contributed by atoms with Crippen LogP contribution in [0.1, 0.15) is 46.0 Å². The van der Waals surface area contributed by atoms with Gasteiger partial charge in [-0.15, -0.1) is 0 Å². The molecule has 2 fully saturated rings. The second-order valence-electron chi connectivity index (χ2n) is 6.17. The van der Waals surface area contributed by atoms with Crippen molar-refractivity contribution in [3.63, 3.8) is 0 Å². The molecular formula is C14H25NO2. The Labute approximate surface area is 104 Å². The van der Waals surface area contributed by atoms with E-state index in [4.69, 9.17) is 0 Å². The molecule has 0 radical (unpaired) electrons. The molecule has 1 N–H and O–H groups in total. The summed E-state index contributed by atoms with van der Waals surface area (Å²) >= 11 is 0. The average molecular weight is 239 g/mol. The van der Waals surface area contributed by atoms with Crippen LogP contribution in [0.4, 0.5) is 0 Å². The largest absolute Gasteiger partial charge is 0.480 e. The Hall–Kier alpha value is -0.570. The summed E-state index contributed by atoms with van der Waals surface area (Å²) in [6.07, 6.45) is 6.27. The normalized spacial score (nSPS) is 39.4. The third kappa shape index (κ3) is 3.01. The predicted octanol–water partition coefficient (Wildman–Crippen LogP) is 2.61. The van der Waals surface area contributed by atoms with Crippen LogP contribution in [0.15, 0.2) is 0 Å². The summed E-state index contributed by atoms with van der Waals surface area (Å²) in [6, 6.07) is -0.227. The number of rotatable bonds is 3. The molecule has 3 heteroatoms. The van der Waals surface area contributed by atoms with Crippen LogP contribution in [0.2, 0.25) is 0 Å². The lowest BCUT2D eigenvalue weighted by Crippen LogP contribution is -2.42. The Morgan fingerprint density at radius 1 is 1.18 bits per heavy atom. The maximum absolute atomic E-state index is 11.3. The maximum Gasteiger partial charge on any atom is 0.321 e. The molecule has 0 spiro atoms. The molecule has 1 saturated carbocycles. The van der Waals surface area contributed by atoms with Gasteiger partial charge in [-0.3, -0.25) is 9.69 Å². The highest BCUT2D eigenvalue weighted by molar-refractivity contribution is 5.74. The number of hydrogen-bond donors (Lipinski definition) is 1. The van der Waals surface area contributed by atoms with Gasteiger partial charge in [-0.25, -0.2) is 0 Å². The molecule has 0 aromatic rings. The van der Waals surface area contributed by atoms with Crippen LogP contribution in [0, 0.1) is 17.8 Å². The Bertz CT molecular complexity index is 271. The summed E-state index contributed by atoms with van der Waals surface area (Å²) in [5.41, 5.74) is 0. The molecule has 17 heavy (non-hydrogen) atoms. The number of nitrogens with zero attached hydrogens (tertiary/aromatic N) is 1. The minimum Gasteiger partial charge on any atom is -0.480 e. The maximum atomic E-state index is 11.3. The van der Waals surface area contributed by atoms with E-state index in [2.05, 4.69) is 18.7 Å². The summed E-state index contributed by atoms with van der Waals surface area (Å²) in [5.74, 6) is 1.30. The lowest BCUT2D eigenvalue weighted by molar-refractivity contribution is -0.143. The molecule has 1 heterocycles. The van der Waals surface area contributed by atoms with Gasteiger partial charge in [0.25, 0.3) is 0 Å². The van der Waals surface area contributed by atoms with Crippen LogP contribution >= 0.6 is 0 Å². The predicted molar refractivity (Wildman–Crippen MR) is 67.9 cm³/mol. The summed E-state index contributed by atoms with van der Waals surface area (Å²) in [6.45, 7) is 6.38. The van der Waals surface area contributed by atoms with E-state index in [-0.39, 0.29) is 6.04 Å². The van der Waals surface area contributed by atoms with Crippen molar-refractivity contribution in [3.8, 4) is 0 Å². The van der Waals surface area contributed by atoms with Crippen molar-refractivity contribution in [2.75, 3.05) is 13.1 Å². The van der Waals surface area contributed by atoms with E-state index < -0.39 is 5.97 Å². The summed E-state index contributed by atoms with van der Waals surface area (Å²) in [4.78, 5) is 13.5. The highest BCUT2D eigenvalue weighted by Crippen LogP contribution is 2.32. The van der Waals surface area contributed by atoms with Gasteiger partial charge in [0.05, 0.1) is 0 Å². The molecule has 2 atom stereocenters. The van der Waals surface area contributed by atoms with Gasteiger partial charge in [0.1, 0.15) is 6.04 Å². The molecule has 2 rings (SSSR count). The van der Waals surface area contributed by atoms with Crippen LogP contribution in [0.3, 0.4) is 0 Å². The van der Waals surface area contributed by atoms with Gasteiger partial charge in [0.15, 0.2) is 0 Å². The van der Waals surface area contributed by atoms with Crippen molar-refractivity contribution >= 4 is 5.97 Å². The van der Waals surface area contributed by atoms with Crippen LogP contribution in [-0.2, 0) is 4.79 Å². The van der Waals surface area contributed by atoms with Gasteiger partial charge >= 0.3 is 5.97 Å². The molecule has 0 amide bonds. The van der Waals surface area contributed by atoms with Crippen molar-refractivity contribution in [1.82, 2.24) is 4.90 Å². The first-order chi connectivity index (χ1) is 8.08. The molecule has 2 aliphatic rings. The molecular weight excluding hydrogens is 214 g/mol. The number of likely N-dealkylation sites (tertiary alicyclic amines) is 1. The monoisotopic (exact) mass is 239 g/mol. The lowest BCUT2D eigenvalue weighted by atomic mass is 9.82. The Morgan fingerprint density at radius 3 is 2.41 bits per heavy atom. The minimum atomic E-state index is -0.626. The Morgan fingerprint density at radius 2 is 1.82 bits per heavy atom. The molecule has 3 nitrogen and oxygen atoms in total. The fourth-order valence-electron chi connectivity index (χ4n) is 3.47. The van der Waals surface area contributed by atoms with Gasteiger partial charge in [-0.2, -0.15) is 0 Å². The number of carbonyl (C=O) groups is 1. The van der Waals surface area contributed by atoms with Gasteiger partial charge in [-0.1, -0.05) is 26.7 Å². The minimum absolute atomic E-state index is 0.227. The zero-order valence-electron chi connectivity index (χ0n) is 11.1. The third-order valence-corrected chi connectivity index (χ3v) is 4.69. The van der Waals surface area contributed by atoms with Crippen molar-refractivity contribution < 1.29 is 9.90 Å². The van der Waals surface area contributed by atoms with Crippen LogP contribution in [0.25, 0.3) is 0 Å². The van der Waals surface area contributed by atoms with Crippen LogP contribution < -0.4 is 0 Å². The molecule has 98 valence electrons. The molecule has 1 aliphatic carbocycles. The second-order valence-corrected chi connectivity index (χ2v) is 6.17. The van der Waals surface area contributed by atoms with Gasteiger partial charge in [0.2, 0.25) is 0 Å². The first-order valence-electron chi connectivity index (χ1n) is 7.04. The van der Waals surface area contributed by atoms with E-state index in [0.29, 0.717) is 5.92 Å². The highest BCUT2D eigenvalue weighted by atomic mass is 16.4. The van der Waals surface area contributed by atoms with Crippen LogP contribution in [-0.4, -0.2) is 35.1 Å². The molecule has 0 aromatic carbocycles. The van der Waals surface area contributed by atoms with E-state index in [1.54, 1.807) is 0 Å². The Balaban J connectivity index is 1.88. The molecule has 2 unspecified atom stereocenters. The van der Waals surface area contributed by atoms with Crippen molar-refractivity contribution in [1.29, 1.82) is 0 Å². The first-order valence-corrected chi connectivity index (χ1v) is 7.04. The highest BCUT2D eigenvalue weighted by Gasteiger charge is 2.37. The van der Waals surface area contributed by atoms with Crippen molar-refractivity contribution in [2.24, 2.45) is 17.8 Å². The van der Waals surface area contributed by atoms with E-state index in [1.807, 2.05) is 0 Å². The van der Waals surface area contributed by atoms with Gasteiger partial charge < -0.3 is 5.11 Å². The summed E-state index contributed by atoms with van der Waals surface area (Å²) in [5, 5.41) is 9.28. The fraction of sp³-hybridized carbons (Fsp3) is 0.929. The summed E-state index contributed by atoms with van der Waals surface area (Å²) in [7, 11) is 0. The zero-order chi connectivity index (χ0) is 12.4. The molecule has 0 bridgehead atoms. The summed E-state index contributed by atoms with van der Waals surface area (Å²) < 4.78 is 0. The van der Waals surface area contributed by atoms with E-state index in [9.17, 15) is 9.90 Å². The SMILES string of the molecule is CC1CCC(CN2CCC(C)C2C(=O)O)CC1. The number of carboxylic acids is 1. The van der Waals surface area contributed by atoms with E-state index in [0.717, 1.165) is 31.3 Å². The van der Waals surface area contributed by atoms with Crippen molar-refractivity contribution in [2.45, 2.75) is 52.0 Å². The number of hydrogen-bond acceptors (Lipinski definition) is 2. The van der Waals surface area contributed by atoms with E-state index >= 15 is 0 Å². The molecule has 1 saturated heterocycles. The second kappa shape index (κ2) is 5.38. The van der Waals surface area contributed by atoms with Crippen LogP contribution in [0.5, 0.6) is 0 Å². The van der Waals surface area contributed by atoms with E-state index in [1.165, 1.54) is 25.7 Å². The quantitative estimate of drug-likeness (QED) is 0.823. The molecule has 0 aromatic heterocycles. The fourth-order valence-corrected chi connectivity index (χ4v) is 3.47. The smallest absolute Gasteiger partial charge is 0.321 e. The van der Waals surface area contributed by atoms with Gasteiger partial charge in [0, 0.05) is 6.54 Å². The number of carboxylic acid groups (broad SMARTS) is 1. The number of aliphatic carboxylic acids is 1. The molecule has 1 aliphatic heterocycles. The lowest BCUT2D eigenvalue weighted by Gasteiger charge is -2.32. The Kier molecular flexibility index (Phi) is 4.08. The van der Waals surface area contributed by atoms with Crippen molar-refractivity contribution in [3.05, 3.63) is 0 Å².